The molecule has 27 heavy (non-hydrogen) atoms. The quantitative estimate of drug-likeness (QED) is 0.457. The number of hydrogen-bond donors (Lipinski definition) is 2. The van der Waals surface area contributed by atoms with E-state index in [-0.39, 0.29) is 17.0 Å². The molecule has 1 heterocycles. The van der Waals surface area contributed by atoms with E-state index in [2.05, 4.69) is 10.6 Å². The molecule has 2 aromatic rings. The maximum atomic E-state index is 12.4. The van der Waals surface area contributed by atoms with Gasteiger partial charge in [0, 0.05) is 10.4 Å². The van der Waals surface area contributed by atoms with Crippen LogP contribution < -0.4 is 10.6 Å². The zero-order chi connectivity index (χ0) is 19.4. The van der Waals surface area contributed by atoms with Crippen LogP contribution in [-0.2, 0) is 17.6 Å². The number of anilines is 1. The number of nitrogens with one attached hydrogen (secondary N) is 2. The van der Waals surface area contributed by atoms with Gasteiger partial charge in [-0.15, -0.1) is 11.3 Å². The van der Waals surface area contributed by atoms with Crippen LogP contribution in [0.15, 0.2) is 24.3 Å². The van der Waals surface area contributed by atoms with Crippen molar-refractivity contribution in [3.8, 4) is 0 Å². The fraction of sp³-hybridized carbons (Fsp3) is 0.350. The summed E-state index contributed by atoms with van der Waals surface area (Å²) in [6, 6.07) is 7.25. The number of thiophene rings is 1. The minimum atomic E-state index is -0.371. The van der Waals surface area contributed by atoms with Crippen molar-refractivity contribution < 1.29 is 14.3 Å². The Morgan fingerprint density at radius 3 is 2.52 bits per heavy atom. The van der Waals surface area contributed by atoms with Crippen LogP contribution in [0.4, 0.5) is 5.00 Å². The molecule has 2 N–H and O–H groups in total. The van der Waals surface area contributed by atoms with Gasteiger partial charge in [-0.2, -0.15) is 0 Å². The van der Waals surface area contributed by atoms with Gasteiger partial charge < -0.3 is 10.1 Å². The van der Waals surface area contributed by atoms with Crippen LogP contribution in [0.2, 0.25) is 0 Å². The molecule has 1 aromatic heterocycles. The number of esters is 1. The second-order valence-corrected chi connectivity index (χ2v) is 8.05. The number of hydrogen-bond acceptors (Lipinski definition) is 5. The molecule has 0 atom stereocenters. The number of rotatable bonds is 3. The molecule has 1 aliphatic carbocycles. The molecule has 142 valence electrons. The molecule has 1 amide bonds. The maximum absolute atomic E-state index is 12.4. The summed E-state index contributed by atoms with van der Waals surface area (Å²) in [4.78, 5) is 25.9. The number of thiocarbonyl (C=S) groups is 1. The SMILES string of the molecule is COC(=O)c1c(NC(=S)NC(=O)c2ccc(C)cc2)sc2c1CCCCC2. The monoisotopic (exact) mass is 402 g/mol. The van der Waals surface area contributed by atoms with Gasteiger partial charge in [0.15, 0.2) is 5.11 Å². The topological polar surface area (TPSA) is 67.4 Å². The lowest BCUT2D eigenvalue weighted by Crippen LogP contribution is -2.34. The molecular formula is C20H22N2O3S2. The van der Waals surface area contributed by atoms with Gasteiger partial charge in [-0.25, -0.2) is 4.79 Å². The lowest BCUT2D eigenvalue weighted by Gasteiger charge is -2.10. The number of carbonyl (C=O) groups excluding carboxylic acids is 2. The minimum Gasteiger partial charge on any atom is -0.465 e. The Hall–Kier alpha value is -2.25. The van der Waals surface area contributed by atoms with Crippen molar-refractivity contribution in [2.75, 3.05) is 12.4 Å². The number of benzene rings is 1. The summed E-state index contributed by atoms with van der Waals surface area (Å²) < 4.78 is 4.98. The Labute approximate surface area is 168 Å². The Morgan fingerprint density at radius 1 is 1.11 bits per heavy atom. The summed E-state index contributed by atoms with van der Waals surface area (Å²) in [5.74, 6) is -0.658. The summed E-state index contributed by atoms with van der Waals surface area (Å²) in [6.45, 7) is 1.96. The summed E-state index contributed by atoms with van der Waals surface area (Å²) in [5.41, 5.74) is 3.21. The van der Waals surface area contributed by atoms with Gasteiger partial charge in [-0.1, -0.05) is 24.1 Å². The van der Waals surface area contributed by atoms with E-state index < -0.39 is 0 Å². The maximum Gasteiger partial charge on any atom is 0.341 e. The van der Waals surface area contributed by atoms with Crippen molar-refractivity contribution >= 4 is 45.5 Å². The van der Waals surface area contributed by atoms with Crippen LogP contribution in [0.3, 0.4) is 0 Å². The summed E-state index contributed by atoms with van der Waals surface area (Å²) in [7, 11) is 1.38. The second kappa shape index (κ2) is 8.63. The summed E-state index contributed by atoms with van der Waals surface area (Å²) in [5, 5.41) is 6.52. The Balaban J connectivity index is 1.78. The highest BCUT2D eigenvalue weighted by molar-refractivity contribution is 7.80. The average Bonchev–Trinajstić information content (AvgIpc) is 2.82. The summed E-state index contributed by atoms with van der Waals surface area (Å²) >= 11 is 6.82. The third kappa shape index (κ3) is 4.54. The van der Waals surface area contributed by atoms with E-state index in [9.17, 15) is 9.59 Å². The molecule has 0 spiro atoms. The molecule has 0 saturated heterocycles. The van der Waals surface area contributed by atoms with Gasteiger partial charge in [-0.3, -0.25) is 10.1 Å². The molecule has 3 rings (SSSR count). The first-order valence-electron chi connectivity index (χ1n) is 8.91. The fourth-order valence-corrected chi connectivity index (χ4v) is 4.70. The molecule has 7 heteroatoms. The zero-order valence-corrected chi connectivity index (χ0v) is 17.0. The average molecular weight is 403 g/mol. The lowest BCUT2D eigenvalue weighted by atomic mass is 10.1. The number of methoxy groups -OCH3 is 1. The van der Waals surface area contributed by atoms with Crippen LogP contribution in [0, 0.1) is 6.92 Å². The molecule has 0 radical (unpaired) electrons. The van der Waals surface area contributed by atoms with E-state index in [0.29, 0.717) is 16.1 Å². The smallest absolute Gasteiger partial charge is 0.341 e. The number of fused-ring (bicyclic) bond motifs is 1. The van der Waals surface area contributed by atoms with E-state index in [0.717, 1.165) is 43.2 Å². The molecule has 1 aromatic carbocycles. The molecule has 0 saturated carbocycles. The molecule has 0 fully saturated rings. The highest BCUT2D eigenvalue weighted by Gasteiger charge is 2.26. The summed E-state index contributed by atoms with van der Waals surface area (Å²) in [6.07, 6.45) is 5.15. The largest absolute Gasteiger partial charge is 0.465 e. The zero-order valence-electron chi connectivity index (χ0n) is 15.4. The van der Waals surface area contributed by atoms with Crippen LogP contribution in [0.5, 0.6) is 0 Å². The van der Waals surface area contributed by atoms with Crippen molar-refractivity contribution in [2.45, 2.75) is 39.0 Å². The van der Waals surface area contributed by atoms with Crippen LogP contribution >= 0.6 is 23.6 Å². The minimum absolute atomic E-state index is 0.169. The predicted molar refractivity (Wildman–Crippen MR) is 112 cm³/mol. The Bertz CT molecular complexity index is 872. The van der Waals surface area contributed by atoms with Gasteiger partial charge in [0.05, 0.1) is 12.7 Å². The van der Waals surface area contributed by atoms with Crippen molar-refractivity contribution in [2.24, 2.45) is 0 Å². The van der Waals surface area contributed by atoms with Gasteiger partial charge >= 0.3 is 5.97 Å². The highest BCUT2D eigenvalue weighted by Crippen LogP contribution is 2.37. The molecule has 1 aliphatic rings. The van der Waals surface area contributed by atoms with Crippen LogP contribution in [-0.4, -0.2) is 24.1 Å². The lowest BCUT2D eigenvalue weighted by molar-refractivity contribution is 0.0601. The number of ether oxygens (including phenoxy) is 1. The normalized spacial score (nSPS) is 13.3. The standard InChI is InChI=1S/C20H22N2O3S2/c1-12-8-10-13(11-9-12)17(23)21-20(26)22-18-16(19(24)25-2)14-6-4-3-5-7-15(14)27-18/h8-11H,3-7H2,1-2H3,(H2,21,22,23,26). The second-order valence-electron chi connectivity index (χ2n) is 6.53. The van der Waals surface area contributed by atoms with Gasteiger partial charge in [0.1, 0.15) is 5.00 Å². The Kier molecular flexibility index (Phi) is 6.23. The number of carbonyl (C=O) groups is 2. The van der Waals surface area contributed by atoms with Crippen LogP contribution in [0.25, 0.3) is 0 Å². The molecule has 0 bridgehead atoms. The van der Waals surface area contributed by atoms with Crippen molar-refractivity contribution in [1.29, 1.82) is 0 Å². The van der Waals surface area contributed by atoms with Crippen molar-refractivity contribution in [3.63, 3.8) is 0 Å². The first-order chi connectivity index (χ1) is 13.0. The van der Waals surface area contributed by atoms with Gasteiger partial charge in [0.2, 0.25) is 0 Å². The van der Waals surface area contributed by atoms with Gasteiger partial charge in [0.25, 0.3) is 5.91 Å². The van der Waals surface area contributed by atoms with E-state index >= 15 is 0 Å². The molecule has 0 aliphatic heterocycles. The van der Waals surface area contributed by atoms with E-state index in [4.69, 9.17) is 17.0 Å². The number of amides is 1. The first kappa shape index (κ1) is 19.5. The fourth-order valence-electron chi connectivity index (χ4n) is 3.16. The third-order valence-corrected chi connectivity index (χ3v) is 5.99. The Morgan fingerprint density at radius 2 is 1.81 bits per heavy atom. The van der Waals surface area contributed by atoms with E-state index in [1.807, 2.05) is 19.1 Å². The molecular weight excluding hydrogens is 380 g/mol. The number of aryl methyl sites for hydroxylation is 2. The van der Waals surface area contributed by atoms with Crippen molar-refractivity contribution in [3.05, 3.63) is 51.4 Å². The molecule has 5 nitrogen and oxygen atoms in total. The van der Waals surface area contributed by atoms with Crippen LogP contribution in [0.1, 0.15) is 56.0 Å². The highest BCUT2D eigenvalue weighted by atomic mass is 32.1. The molecule has 0 unspecified atom stereocenters. The van der Waals surface area contributed by atoms with Crippen molar-refractivity contribution in [1.82, 2.24) is 5.32 Å². The first-order valence-corrected chi connectivity index (χ1v) is 10.1. The van der Waals surface area contributed by atoms with E-state index in [1.54, 1.807) is 12.1 Å². The van der Waals surface area contributed by atoms with Gasteiger partial charge in [-0.05, 0) is 62.5 Å². The predicted octanol–water partition coefficient (Wildman–Crippen LogP) is 4.24. The van der Waals surface area contributed by atoms with E-state index in [1.165, 1.54) is 23.3 Å². The third-order valence-electron chi connectivity index (χ3n) is 4.58.